The summed E-state index contributed by atoms with van der Waals surface area (Å²) in [7, 11) is 0. The molecule has 0 aromatic heterocycles. The largest absolute Gasteiger partial charge is 0.425 e. The molecule has 5 heteroatoms. The van der Waals surface area contributed by atoms with Gasteiger partial charge in [0.15, 0.2) is 0 Å². The average Bonchev–Trinajstić information content (AvgIpc) is 2.73. The number of hydrogen-bond acceptors (Lipinski definition) is 4. The van der Waals surface area contributed by atoms with Crippen LogP contribution in [-0.2, 0) is 11.2 Å². The third-order valence-electron chi connectivity index (χ3n) is 4.66. The molecule has 0 aliphatic heterocycles. The molecule has 0 aliphatic carbocycles. The molecular weight excluding hydrogens is 384 g/mol. The predicted molar refractivity (Wildman–Crippen MR) is 120 cm³/mol. The summed E-state index contributed by atoms with van der Waals surface area (Å²) in [5.74, 6) is 0.116. The molecule has 0 unspecified atom stereocenters. The van der Waals surface area contributed by atoms with Gasteiger partial charge in [0.1, 0.15) is 5.75 Å². The number of azo groups is 1. The van der Waals surface area contributed by atoms with Gasteiger partial charge in [0, 0.05) is 6.42 Å². The molecule has 0 amide bonds. The number of esters is 1. The van der Waals surface area contributed by atoms with Crippen LogP contribution in [0.15, 0.2) is 52.7 Å². The second kappa shape index (κ2) is 13.1. The van der Waals surface area contributed by atoms with Gasteiger partial charge in [0.2, 0.25) is 0 Å². The first-order chi connectivity index (χ1) is 14.1. The first-order valence-electron chi connectivity index (χ1n) is 10.6. The Hall–Kier alpha value is -2.20. The second-order valence-electron chi connectivity index (χ2n) is 7.22. The van der Waals surface area contributed by atoms with Crippen molar-refractivity contribution in [3.63, 3.8) is 0 Å². The molecule has 0 radical (unpaired) electrons. The predicted octanol–water partition coefficient (Wildman–Crippen LogP) is 8.36. The zero-order valence-corrected chi connectivity index (χ0v) is 18.3. The number of rotatable bonds is 12. The van der Waals surface area contributed by atoms with Gasteiger partial charge in [0.25, 0.3) is 0 Å². The molecule has 0 saturated carbocycles. The number of nitrogens with zero attached hydrogens (tertiary/aromatic N) is 2. The first kappa shape index (κ1) is 23.1. The molecule has 29 heavy (non-hydrogen) atoms. The van der Waals surface area contributed by atoms with E-state index in [1.807, 2.05) is 12.1 Å². The SMILES string of the molecule is CCCCCCCC(=O)Oc1ccc(N=Nc2ccc(CCCC)cc2)cc1Cl. The highest BCUT2D eigenvalue weighted by molar-refractivity contribution is 6.32. The molecule has 0 saturated heterocycles. The zero-order valence-electron chi connectivity index (χ0n) is 17.5. The Morgan fingerprint density at radius 1 is 0.862 bits per heavy atom. The third kappa shape index (κ3) is 8.78. The van der Waals surface area contributed by atoms with Crippen LogP contribution in [0.3, 0.4) is 0 Å². The lowest BCUT2D eigenvalue weighted by Crippen LogP contribution is -2.07. The molecule has 0 spiro atoms. The summed E-state index contributed by atoms with van der Waals surface area (Å²) >= 11 is 6.25. The molecule has 2 aromatic carbocycles. The third-order valence-corrected chi connectivity index (χ3v) is 4.96. The van der Waals surface area contributed by atoms with E-state index in [9.17, 15) is 4.79 Å². The van der Waals surface area contributed by atoms with Gasteiger partial charge in [-0.25, -0.2) is 0 Å². The topological polar surface area (TPSA) is 51.0 Å². The number of carbonyl (C=O) groups is 1. The van der Waals surface area contributed by atoms with E-state index in [1.54, 1.807) is 18.2 Å². The fourth-order valence-electron chi connectivity index (χ4n) is 2.91. The van der Waals surface area contributed by atoms with E-state index in [-0.39, 0.29) is 5.97 Å². The number of hydrogen-bond donors (Lipinski definition) is 0. The Morgan fingerprint density at radius 3 is 2.21 bits per heavy atom. The van der Waals surface area contributed by atoms with E-state index >= 15 is 0 Å². The molecule has 2 rings (SSSR count). The zero-order chi connectivity index (χ0) is 20.9. The maximum absolute atomic E-state index is 12.0. The van der Waals surface area contributed by atoms with E-state index in [1.165, 1.54) is 31.2 Å². The maximum Gasteiger partial charge on any atom is 0.311 e. The Kier molecular flexibility index (Phi) is 10.4. The van der Waals surface area contributed by atoms with Gasteiger partial charge in [-0.15, -0.1) is 0 Å². The number of ether oxygens (including phenoxy) is 1. The van der Waals surface area contributed by atoms with Crippen LogP contribution < -0.4 is 4.74 Å². The summed E-state index contributed by atoms with van der Waals surface area (Å²) in [6.45, 7) is 4.36. The van der Waals surface area contributed by atoms with Gasteiger partial charge < -0.3 is 4.74 Å². The standard InChI is InChI=1S/C24H31ClN2O2/c1-3-5-7-8-9-11-24(28)29-23-17-16-21(18-22(23)25)27-26-20-14-12-19(13-15-20)10-6-4-2/h12-18H,3-11H2,1-2H3. The molecule has 4 nitrogen and oxygen atoms in total. The van der Waals surface area contributed by atoms with Gasteiger partial charge >= 0.3 is 5.97 Å². The highest BCUT2D eigenvalue weighted by Crippen LogP contribution is 2.30. The van der Waals surface area contributed by atoms with E-state index in [0.717, 1.165) is 31.4 Å². The fourth-order valence-corrected chi connectivity index (χ4v) is 3.12. The molecule has 0 aliphatic rings. The molecule has 0 atom stereocenters. The van der Waals surface area contributed by atoms with Crippen LogP contribution in [0.5, 0.6) is 5.75 Å². The summed E-state index contributed by atoms with van der Waals surface area (Å²) in [5, 5.41) is 8.84. The lowest BCUT2D eigenvalue weighted by Gasteiger charge is -2.06. The lowest BCUT2D eigenvalue weighted by atomic mass is 10.1. The van der Waals surface area contributed by atoms with Crippen molar-refractivity contribution in [2.45, 2.75) is 71.6 Å². The normalized spacial score (nSPS) is 11.1. The van der Waals surface area contributed by atoms with Crippen LogP contribution in [0, 0.1) is 0 Å². The molecule has 0 fully saturated rings. The van der Waals surface area contributed by atoms with Crippen molar-refractivity contribution in [3.8, 4) is 5.75 Å². The molecule has 0 N–H and O–H groups in total. The van der Waals surface area contributed by atoms with Crippen molar-refractivity contribution >= 4 is 28.9 Å². The fraction of sp³-hybridized carbons (Fsp3) is 0.458. The molecule has 156 valence electrons. The van der Waals surface area contributed by atoms with Crippen LogP contribution in [0.1, 0.15) is 70.8 Å². The minimum atomic E-state index is -0.249. The van der Waals surface area contributed by atoms with Crippen molar-refractivity contribution in [3.05, 3.63) is 53.1 Å². The van der Waals surface area contributed by atoms with Crippen LogP contribution in [0.4, 0.5) is 11.4 Å². The molecular formula is C24H31ClN2O2. The summed E-state index contributed by atoms with van der Waals surface area (Å²) in [4.78, 5) is 12.0. The van der Waals surface area contributed by atoms with Gasteiger partial charge in [-0.05, 0) is 55.2 Å². The van der Waals surface area contributed by atoms with E-state index in [4.69, 9.17) is 16.3 Å². The van der Waals surface area contributed by atoms with Crippen molar-refractivity contribution in [2.75, 3.05) is 0 Å². The Balaban J connectivity index is 1.86. The van der Waals surface area contributed by atoms with Gasteiger partial charge in [0.05, 0.1) is 16.4 Å². The first-order valence-corrected chi connectivity index (χ1v) is 11.0. The average molecular weight is 415 g/mol. The summed E-state index contributed by atoms with van der Waals surface area (Å²) in [6, 6.07) is 13.2. The van der Waals surface area contributed by atoms with Crippen molar-refractivity contribution in [1.29, 1.82) is 0 Å². The van der Waals surface area contributed by atoms with Crippen molar-refractivity contribution < 1.29 is 9.53 Å². The van der Waals surface area contributed by atoms with Crippen LogP contribution >= 0.6 is 11.6 Å². The van der Waals surface area contributed by atoms with Gasteiger partial charge in [-0.1, -0.05) is 69.7 Å². The monoisotopic (exact) mass is 414 g/mol. The summed E-state index contributed by atoms with van der Waals surface area (Å²) < 4.78 is 5.37. The van der Waals surface area contributed by atoms with E-state index in [2.05, 4.69) is 36.2 Å². The van der Waals surface area contributed by atoms with Crippen LogP contribution in [0.2, 0.25) is 5.02 Å². The second-order valence-corrected chi connectivity index (χ2v) is 7.63. The highest BCUT2D eigenvalue weighted by Gasteiger charge is 2.09. The van der Waals surface area contributed by atoms with Crippen LogP contribution in [0.25, 0.3) is 0 Å². The smallest absolute Gasteiger partial charge is 0.311 e. The molecule has 0 bridgehead atoms. The summed E-state index contributed by atoms with van der Waals surface area (Å²) in [6.07, 6.45) is 9.33. The van der Waals surface area contributed by atoms with E-state index < -0.39 is 0 Å². The Labute approximate surface area is 179 Å². The van der Waals surface area contributed by atoms with Crippen molar-refractivity contribution in [2.24, 2.45) is 10.2 Å². The van der Waals surface area contributed by atoms with Crippen molar-refractivity contribution in [1.82, 2.24) is 0 Å². The minimum absolute atomic E-state index is 0.249. The number of halogens is 1. The number of carbonyl (C=O) groups excluding carboxylic acids is 1. The number of benzene rings is 2. The quantitative estimate of drug-likeness (QED) is 0.151. The number of aryl methyl sites for hydroxylation is 1. The van der Waals surface area contributed by atoms with E-state index in [0.29, 0.717) is 22.9 Å². The summed E-state index contributed by atoms with van der Waals surface area (Å²) in [5.41, 5.74) is 2.72. The van der Waals surface area contributed by atoms with Gasteiger partial charge in [-0.2, -0.15) is 10.2 Å². The minimum Gasteiger partial charge on any atom is -0.425 e. The molecule has 0 heterocycles. The lowest BCUT2D eigenvalue weighted by molar-refractivity contribution is -0.134. The maximum atomic E-state index is 12.0. The molecule has 2 aromatic rings. The highest BCUT2D eigenvalue weighted by atomic mass is 35.5. The van der Waals surface area contributed by atoms with Crippen LogP contribution in [-0.4, -0.2) is 5.97 Å². The Morgan fingerprint density at radius 2 is 1.52 bits per heavy atom. The number of unbranched alkanes of at least 4 members (excludes halogenated alkanes) is 5. The Bertz CT molecular complexity index is 788. The van der Waals surface area contributed by atoms with Gasteiger partial charge in [-0.3, -0.25) is 4.79 Å².